The highest BCUT2D eigenvalue weighted by Crippen LogP contribution is 2.32. The van der Waals surface area contributed by atoms with Crippen molar-refractivity contribution >= 4 is 26.3 Å². The second-order valence-corrected chi connectivity index (χ2v) is 8.02. The highest BCUT2D eigenvalue weighted by Gasteiger charge is 2.30. The standard InChI is InChI=1S/C11H18N2O3S2/c1-7-6-18(15,16)5-4-13(7)11-12-8(2)10(17-11)9(3)14/h7,9,14H,4-6H2,1-3H3. The summed E-state index contributed by atoms with van der Waals surface area (Å²) in [4.78, 5) is 7.31. The second kappa shape index (κ2) is 4.79. The Balaban J connectivity index is 2.25. The van der Waals surface area contributed by atoms with E-state index < -0.39 is 15.9 Å². The molecule has 2 unspecified atom stereocenters. The van der Waals surface area contributed by atoms with E-state index in [1.807, 2.05) is 18.7 Å². The van der Waals surface area contributed by atoms with Gasteiger partial charge in [-0.2, -0.15) is 0 Å². The number of sulfone groups is 1. The molecule has 0 saturated carbocycles. The van der Waals surface area contributed by atoms with E-state index in [1.54, 1.807) is 6.92 Å². The predicted octanol–water partition coefficient (Wildman–Crippen LogP) is 1.13. The molecule has 1 aromatic rings. The Morgan fingerprint density at radius 2 is 2.22 bits per heavy atom. The minimum Gasteiger partial charge on any atom is -0.388 e. The number of hydrogen-bond acceptors (Lipinski definition) is 6. The summed E-state index contributed by atoms with van der Waals surface area (Å²) in [5, 5.41) is 10.4. The summed E-state index contributed by atoms with van der Waals surface area (Å²) < 4.78 is 23.1. The summed E-state index contributed by atoms with van der Waals surface area (Å²) >= 11 is 1.45. The third-order valence-corrected chi connectivity index (χ3v) is 6.28. The zero-order valence-electron chi connectivity index (χ0n) is 10.8. The molecule has 1 saturated heterocycles. The Hall–Kier alpha value is -0.660. The lowest BCUT2D eigenvalue weighted by Gasteiger charge is -2.32. The Kier molecular flexibility index (Phi) is 3.66. The molecular weight excluding hydrogens is 272 g/mol. The van der Waals surface area contributed by atoms with Gasteiger partial charge >= 0.3 is 0 Å². The maximum Gasteiger partial charge on any atom is 0.186 e. The van der Waals surface area contributed by atoms with Gasteiger partial charge < -0.3 is 10.0 Å². The van der Waals surface area contributed by atoms with E-state index in [0.29, 0.717) is 6.54 Å². The molecule has 1 aliphatic heterocycles. The van der Waals surface area contributed by atoms with Crippen LogP contribution in [0.5, 0.6) is 0 Å². The fourth-order valence-electron chi connectivity index (χ4n) is 2.19. The van der Waals surface area contributed by atoms with Crippen molar-refractivity contribution in [1.82, 2.24) is 4.98 Å². The van der Waals surface area contributed by atoms with Crippen LogP contribution in [0.1, 0.15) is 30.5 Å². The highest BCUT2D eigenvalue weighted by molar-refractivity contribution is 7.91. The summed E-state index contributed by atoms with van der Waals surface area (Å²) in [7, 11) is -2.91. The van der Waals surface area contributed by atoms with Crippen LogP contribution in [0.3, 0.4) is 0 Å². The average Bonchev–Trinajstić information content (AvgIpc) is 2.58. The van der Waals surface area contributed by atoms with Crippen molar-refractivity contribution in [2.75, 3.05) is 23.0 Å². The van der Waals surface area contributed by atoms with Crippen LogP contribution in [-0.2, 0) is 9.84 Å². The quantitative estimate of drug-likeness (QED) is 0.884. The maximum absolute atomic E-state index is 11.5. The number of aliphatic hydroxyl groups is 1. The van der Waals surface area contributed by atoms with Crippen LogP contribution >= 0.6 is 11.3 Å². The Bertz CT molecular complexity index is 536. The number of anilines is 1. The van der Waals surface area contributed by atoms with E-state index >= 15 is 0 Å². The summed E-state index contributed by atoms with van der Waals surface area (Å²) in [6.07, 6.45) is -0.528. The van der Waals surface area contributed by atoms with Crippen molar-refractivity contribution in [3.8, 4) is 0 Å². The first-order chi connectivity index (χ1) is 8.30. The number of nitrogens with zero attached hydrogens (tertiary/aromatic N) is 2. The van der Waals surface area contributed by atoms with Gasteiger partial charge in [-0.3, -0.25) is 0 Å². The molecule has 7 heteroatoms. The molecule has 2 heterocycles. The van der Waals surface area contributed by atoms with Crippen LogP contribution in [0.25, 0.3) is 0 Å². The topological polar surface area (TPSA) is 70.5 Å². The number of thiazole rings is 1. The Labute approximate surface area is 111 Å². The fraction of sp³-hybridized carbons (Fsp3) is 0.727. The summed E-state index contributed by atoms with van der Waals surface area (Å²) in [6.45, 7) is 5.97. The van der Waals surface area contributed by atoms with Gasteiger partial charge in [0.05, 0.1) is 28.2 Å². The molecule has 1 aliphatic rings. The van der Waals surface area contributed by atoms with Crippen molar-refractivity contribution in [3.63, 3.8) is 0 Å². The number of rotatable bonds is 2. The van der Waals surface area contributed by atoms with E-state index in [-0.39, 0.29) is 17.5 Å². The Morgan fingerprint density at radius 1 is 1.56 bits per heavy atom. The van der Waals surface area contributed by atoms with E-state index in [9.17, 15) is 13.5 Å². The minimum atomic E-state index is -2.91. The molecular formula is C11H18N2O3S2. The number of aliphatic hydroxyl groups excluding tert-OH is 1. The van der Waals surface area contributed by atoms with Crippen molar-refractivity contribution in [2.24, 2.45) is 0 Å². The maximum atomic E-state index is 11.5. The zero-order chi connectivity index (χ0) is 13.5. The summed E-state index contributed by atoms with van der Waals surface area (Å²) in [5.74, 6) is 0.357. The predicted molar refractivity (Wildman–Crippen MR) is 72.9 cm³/mol. The minimum absolute atomic E-state index is 0.0591. The molecule has 0 bridgehead atoms. The molecule has 0 amide bonds. The molecule has 1 fully saturated rings. The van der Waals surface area contributed by atoms with Crippen molar-refractivity contribution in [3.05, 3.63) is 10.6 Å². The van der Waals surface area contributed by atoms with Gasteiger partial charge in [-0.05, 0) is 20.8 Å². The molecule has 0 radical (unpaired) electrons. The molecule has 0 aliphatic carbocycles. The first kappa shape index (κ1) is 13.8. The normalized spacial score (nSPS) is 25.1. The molecule has 18 heavy (non-hydrogen) atoms. The van der Waals surface area contributed by atoms with Crippen LogP contribution in [0.4, 0.5) is 5.13 Å². The lowest BCUT2D eigenvalue weighted by atomic mass is 10.3. The van der Waals surface area contributed by atoms with Gasteiger partial charge in [-0.15, -0.1) is 0 Å². The van der Waals surface area contributed by atoms with E-state index in [1.165, 1.54) is 11.3 Å². The SMILES string of the molecule is Cc1nc(N2CCS(=O)(=O)CC2C)sc1C(C)O. The highest BCUT2D eigenvalue weighted by atomic mass is 32.2. The van der Waals surface area contributed by atoms with Gasteiger partial charge in [-0.1, -0.05) is 11.3 Å². The molecule has 5 nitrogen and oxygen atoms in total. The van der Waals surface area contributed by atoms with Crippen molar-refractivity contribution in [2.45, 2.75) is 32.9 Å². The second-order valence-electron chi connectivity index (χ2n) is 4.78. The third-order valence-electron chi connectivity index (χ3n) is 3.12. The van der Waals surface area contributed by atoms with Gasteiger partial charge in [0.2, 0.25) is 0 Å². The molecule has 0 spiro atoms. The van der Waals surface area contributed by atoms with Gasteiger partial charge in [-0.25, -0.2) is 13.4 Å². The number of hydrogen-bond donors (Lipinski definition) is 1. The van der Waals surface area contributed by atoms with Crippen LogP contribution in [0.2, 0.25) is 0 Å². The molecule has 2 rings (SSSR count). The van der Waals surface area contributed by atoms with E-state index in [0.717, 1.165) is 15.7 Å². The van der Waals surface area contributed by atoms with Crippen LogP contribution < -0.4 is 4.90 Å². The molecule has 0 aromatic carbocycles. The molecule has 102 valence electrons. The van der Waals surface area contributed by atoms with Crippen LogP contribution in [0.15, 0.2) is 0 Å². The van der Waals surface area contributed by atoms with Crippen molar-refractivity contribution in [1.29, 1.82) is 0 Å². The van der Waals surface area contributed by atoms with Crippen LogP contribution in [0, 0.1) is 6.92 Å². The summed E-state index contributed by atoms with van der Waals surface area (Å²) in [6, 6.07) is -0.0591. The van der Waals surface area contributed by atoms with Gasteiger partial charge in [0, 0.05) is 12.6 Å². The molecule has 1 aromatic heterocycles. The lowest BCUT2D eigenvalue weighted by molar-refractivity contribution is 0.202. The van der Waals surface area contributed by atoms with E-state index in [4.69, 9.17) is 0 Å². The smallest absolute Gasteiger partial charge is 0.186 e. The molecule has 2 atom stereocenters. The average molecular weight is 290 g/mol. The summed E-state index contributed by atoms with van der Waals surface area (Å²) in [5.41, 5.74) is 0.825. The number of aromatic nitrogens is 1. The van der Waals surface area contributed by atoms with E-state index in [2.05, 4.69) is 4.98 Å². The van der Waals surface area contributed by atoms with Crippen LogP contribution in [-0.4, -0.2) is 42.6 Å². The number of aryl methyl sites for hydroxylation is 1. The first-order valence-electron chi connectivity index (χ1n) is 5.92. The van der Waals surface area contributed by atoms with Crippen molar-refractivity contribution < 1.29 is 13.5 Å². The zero-order valence-corrected chi connectivity index (χ0v) is 12.4. The fourth-order valence-corrected chi connectivity index (χ4v) is 4.87. The molecule has 1 N–H and O–H groups in total. The largest absolute Gasteiger partial charge is 0.388 e. The Morgan fingerprint density at radius 3 is 2.72 bits per heavy atom. The van der Waals surface area contributed by atoms with Gasteiger partial charge in [0.25, 0.3) is 0 Å². The van der Waals surface area contributed by atoms with Gasteiger partial charge in [0.15, 0.2) is 15.0 Å². The lowest BCUT2D eigenvalue weighted by Crippen LogP contribution is -2.46. The monoisotopic (exact) mass is 290 g/mol. The first-order valence-corrected chi connectivity index (χ1v) is 8.56. The van der Waals surface area contributed by atoms with Gasteiger partial charge in [0.1, 0.15) is 0 Å². The third kappa shape index (κ3) is 2.67.